The van der Waals surface area contributed by atoms with Gasteiger partial charge in [0.05, 0.1) is 25.3 Å². The Kier molecular flexibility index (Phi) is 18.6. The van der Waals surface area contributed by atoms with Crippen molar-refractivity contribution in [3.8, 4) is 0 Å². The van der Waals surface area contributed by atoms with Crippen LogP contribution in [0.2, 0.25) is 0 Å². The topological polar surface area (TPSA) is 212 Å². The van der Waals surface area contributed by atoms with E-state index in [1.807, 2.05) is 91.0 Å². The first kappa shape index (κ1) is 57.0. The summed E-state index contributed by atoms with van der Waals surface area (Å²) in [6.45, 7) is 20.4. The van der Waals surface area contributed by atoms with Crippen molar-refractivity contribution in [1.82, 2.24) is 25.1 Å². The number of anilines is 3. The zero-order valence-electron chi connectivity index (χ0n) is 45.7. The van der Waals surface area contributed by atoms with Crippen molar-refractivity contribution in [2.45, 2.75) is 40.8 Å². The molecule has 0 radical (unpaired) electrons. The molecule has 0 saturated heterocycles. The molecule has 414 valence electrons. The van der Waals surface area contributed by atoms with Crippen LogP contribution in [-0.4, -0.2) is 84.6 Å². The van der Waals surface area contributed by atoms with E-state index < -0.39 is 17.9 Å². The Morgan fingerprint density at radius 2 is 0.877 bits per heavy atom. The highest BCUT2D eigenvalue weighted by Gasteiger charge is 2.16. The van der Waals surface area contributed by atoms with Crippen LogP contribution in [0.5, 0.6) is 0 Å². The molecule has 17 heteroatoms. The molecule has 6 amide bonds. The number of esters is 3. The van der Waals surface area contributed by atoms with Gasteiger partial charge >= 0.3 is 36.0 Å². The fourth-order valence-corrected chi connectivity index (χ4v) is 9.56. The Hall–Kier alpha value is -10.2. The summed E-state index contributed by atoms with van der Waals surface area (Å²) >= 11 is 0. The van der Waals surface area contributed by atoms with Crippen molar-refractivity contribution >= 4 is 129 Å². The first-order valence-corrected chi connectivity index (χ1v) is 26.5. The van der Waals surface area contributed by atoms with Gasteiger partial charge in [-0.25, -0.2) is 28.8 Å². The van der Waals surface area contributed by atoms with E-state index in [1.165, 1.54) is 21.8 Å². The lowest BCUT2D eigenvalue weighted by Crippen LogP contribution is -2.32. The van der Waals surface area contributed by atoms with Crippen molar-refractivity contribution < 1.29 is 43.0 Å². The maximum absolute atomic E-state index is 12.3. The predicted molar refractivity (Wildman–Crippen MR) is 324 cm³/mol. The van der Waals surface area contributed by atoms with Gasteiger partial charge in [-0.05, 0) is 109 Å². The van der Waals surface area contributed by atoms with Gasteiger partial charge in [-0.3, -0.25) is 0 Å². The first-order valence-electron chi connectivity index (χ1n) is 26.5. The molecule has 2 heterocycles. The average Bonchev–Trinajstić information content (AvgIpc) is 3.75. The number of fused-ring (bicyclic) bond motifs is 6. The molecule has 10 rings (SSSR count). The van der Waals surface area contributed by atoms with E-state index in [-0.39, 0.29) is 57.5 Å². The lowest BCUT2D eigenvalue weighted by molar-refractivity contribution is -0.139. The summed E-state index contributed by atoms with van der Waals surface area (Å²) in [6, 6.07) is 45.6. The number of benzene rings is 8. The molecule has 0 aliphatic rings. The second kappa shape index (κ2) is 26.5. The largest absolute Gasteiger partial charge is 0.461 e. The molecule has 2 aromatic heterocycles. The molecule has 0 aliphatic heterocycles. The number of nitrogens with zero attached hydrogens (tertiary/aromatic N) is 2. The Labute approximate surface area is 467 Å². The molecule has 6 N–H and O–H groups in total. The number of aryl methyl sites for hydroxylation is 2. The summed E-state index contributed by atoms with van der Waals surface area (Å²) in [4.78, 5) is 70.0. The molecule has 81 heavy (non-hydrogen) atoms. The molecule has 0 fully saturated rings. The average molecular weight is 1090 g/mol. The third-order valence-electron chi connectivity index (χ3n) is 13.2. The second-order valence-corrected chi connectivity index (χ2v) is 18.8. The SMILES string of the molecule is C=C(C)C(=O)OCCNC(=O)Nc1cc2cccc3ccc4cccc1c4c32.C=C(C)C(=O)OCCNC(=O)Nc1ccc2c(c1)c1ccccc1n2CC.C=CC(=O)OCCNC(=O)Nc1ccc2c(c1)c1ccccc1n2CC. The van der Waals surface area contributed by atoms with Crippen molar-refractivity contribution in [3.63, 3.8) is 0 Å². The van der Waals surface area contributed by atoms with Gasteiger partial charge in [0.2, 0.25) is 0 Å². The molecule has 17 nitrogen and oxygen atoms in total. The van der Waals surface area contributed by atoms with Crippen LogP contribution < -0.4 is 31.9 Å². The minimum atomic E-state index is -0.509. The number of hydrogen-bond acceptors (Lipinski definition) is 9. The van der Waals surface area contributed by atoms with E-state index in [2.05, 4.69) is 123 Å². The lowest BCUT2D eigenvalue weighted by Gasteiger charge is -2.15. The van der Waals surface area contributed by atoms with E-state index in [9.17, 15) is 28.8 Å². The quantitative estimate of drug-likeness (QED) is 0.0168. The van der Waals surface area contributed by atoms with E-state index in [4.69, 9.17) is 14.2 Å². The molecule has 8 aromatic carbocycles. The Bertz CT molecular complexity index is 4030. The number of para-hydroxylation sites is 2. The van der Waals surface area contributed by atoms with Crippen molar-refractivity contribution in [2.24, 2.45) is 0 Å². The summed E-state index contributed by atoms with van der Waals surface area (Å²) in [5.74, 6) is -1.44. The summed E-state index contributed by atoms with van der Waals surface area (Å²) in [5.41, 5.74) is 7.44. The van der Waals surface area contributed by atoms with Gasteiger partial charge in [0.25, 0.3) is 0 Å². The van der Waals surface area contributed by atoms with Gasteiger partial charge in [-0.1, -0.05) is 105 Å². The molecular weight excluding hydrogens is 1020 g/mol. The summed E-state index contributed by atoms with van der Waals surface area (Å²) in [7, 11) is 0. The van der Waals surface area contributed by atoms with E-state index >= 15 is 0 Å². The lowest BCUT2D eigenvalue weighted by atomic mass is 9.93. The van der Waals surface area contributed by atoms with Crippen LogP contribution in [0.4, 0.5) is 31.4 Å². The van der Waals surface area contributed by atoms with Crippen molar-refractivity contribution in [3.05, 3.63) is 176 Å². The van der Waals surface area contributed by atoms with Crippen LogP contribution in [-0.2, 0) is 41.7 Å². The number of hydrogen-bond donors (Lipinski definition) is 6. The number of urea groups is 3. The number of ether oxygens (including phenoxy) is 3. The first-order chi connectivity index (χ1) is 39.2. The number of nitrogens with one attached hydrogen (secondary N) is 6. The number of carbonyl (C=O) groups is 6. The maximum atomic E-state index is 12.3. The zero-order chi connectivity index (χ0) is 57.6. The normalized spacial score (nSPS) is 10.8. The Morgan fingerprint density at radius 3 is 1.36 bits per heavy atom. The van der Waals surface area contributed by atoms with Gasteiger partial charge in [-0.15, -0.1) is 0 Å². The summed E-state index contributed by atoms with van der Waals surface area (Å²) in [6.07, 6.45) is 1.09. The second-order valence-electron chi connectivity index (χ2n) is 18.8. The van der Waals surface area contributed by atoms with Crippen molar-refractivity contribution in [2.75, 3.05) is 55.4 Å². The fourth-order valence-electron chi connectivity index (χ4n) is 9.56. The highest BCUT2D eigenvalue weighted by molar-refractivity contribution is 6.26. The monoisotopic (exact) mass is 1090 g/mol. The molecule has 0 bridgehead atoms. The molecule has 10 aromatic rings. The van der Waals surface area contributed by atoms with Gasteiger partial charge in [0.15, 0.2) is 0 Å². The fraction of sp³-hybridized carbons (Fsp3) is 0.188. The minimum absolute atomic E-state index is 0.0931. The molecule has 0 spiro atoms. The van der Waals surface area contributed by atoms with Gasteiger partial charge in [0, 0.05) is 90.7 Å². The Morgan fingerprint density at radius 1 is 0.457 bits per heavy atom. The Balaban J connectivity index is 0.000000159. The summed E-state index contributed by atoms with van der Waals surface area (Å²) in [5, 5.41) is 27.8. The van der Waals surface area contributed by atoms with E-state index in [0.29, 0.717) is 22.5 Å². The van der Waals surface area contributed by atoms with Gasteiger partial charge < -0.3 is 55.2 Å². The van der Waals surface area contributed by atoms with Crippen LogP contribution >= 0.6 is 0 Å². The van der Waals surface area contributed by atoms with Crippen LogP contribution in [0.3, 0.4) is 0 Å². The van der Waals surface area contributed by atoms with Gasteiger partial charge in [-0.2, -0.15) is 0 Å². The molecule has 0 atom stereocenters. The van der Waals surface area contributed by atoms with Crippen LogP contribution in [0.15, 0.2) is 176 Å². The van der Waals surface area contributed by atoms with Gasteiger partial charge in [0.1, 0.15) is 19.8 Å². The summed E-state index contributed by atoms with van der Waals surface area (Å²) < 4.78 is 19.2. The predicted octanol–water partition coefficient (Wildman–Crippen LogP) is 12.5. The van der Waals surface area contributed by atoms with Crippen molar-refractivity contribution in [1.29, 1.82) is 0 Å². The number of rotatable bonds is 17. The smallest absolute Gasteiger partial charge is 0.333 e. The molecule has 0 unspecified atom stereocenters. The van der Waals surface area contributed by atoms with E-state index in [0.717, 1.165) is 79.0 Å². The maximum Gasteiger partial charge on any atom is 0.333 e. The molecule has 0 aliphatic carbocycles. The number of amides is 6. The third-order valence-corrected chi connectivity index (χ3v) is 13.2. The van der Waals surface area contributed by atoms with Crippen LogP contribution in [0.25, 0.3) is 75.9 Å². The van der Waals surface area contributed by atoms with Crippen LogP contribution in [0, 0.1) is 0 Å². The number of carbonyl (C=O) groups excluding carboxylic acids is 6. The standard InChI is InChI=1S/C23H20N2O3.C21H23N3O3.C20H21N3O3/c1-14(2)22(26)28-12-11-24-23(27)25-19-13-17-7-3-5-15-9-10-16-6-4-8-18(19)21(16)20(15)17;1-4-24-18-8-6-5-7-16(18)17-13-15(9-10-19(17)24)23-21(26)22-11-12-27-20(25)14(2)3;1-3-19(24)26-12-11-21-20(25)22-14-9-10-18-16(13-14)15-7-5-6-8-17(15)23(18)4-2/h3-10,13H,1,11-12H2,2H3,(H2,24,25,27);5-10,13H,2,4,11-12H2,1,3H3,(H2,22,23,26);3,5-10,13H,1,4,11-12H2,2H3,(H2,21,22,25). The zero-order valence-corrected chi connectivity index (χ0v) is 45.7. The third kappa shape index (κ3) is 13.6. The van der Waals surface area contributed by atoms with E-state index in [1.54, 1.807) is 13.8 Å². The number of aromatic nitrogens is 2. The highest BCUT2D eigenvalue weighted by Crippen LogP contribution is 2.39. The van der Waals surface area contributed by atoms with Crippen LogP contribution in [0.1, 0.15) is 27.7 Å². The highest BCUT2D eigenvalue weighted by atomic mass is 16.5. The molecule has 0 saturated carbocycles. The minimum Gasteiger partial charge on any atom is -0.461 e. The molecular formula is C64H64N8O9.